The van der Waals surface area contributed by atoms with Crippen molar-refractivity contribution in [3.8, 4) is 5.75 Å². The zero-order valence-corrected chi connectivity index (χ0v) is 19.1. The van der Waals surface area contributed by atoms with Crippen molar-refractivity contribution in [2.24, 2.45) is 0 Å². The number of carbonyl (C=O) groups excluding carboxylic acids is 1. The summed E-state index contributed by atoms with van der Waals surface area (Å²) in [5.74, 6) is 2.01. The fourth-order valence-electron chi connectivity index (χ4n) is 4.44. The first-order valence-corrected chi connectivity index (χ1v) is 12.1. The highest BCUT2D eigenvalue weighted by Crippen LogP contribution is 2.30. The maximum atomic E-state index is 12.7. The molecule has 1 amide bonds. The Morgan fingerprint density at radius 1 is 1.09 bits per heavy atom. The van der Waals surface area contributed by atoms with Gasteiger partial charge in [0.25, 0.3) is 0 Å². The predicted octanol–water partition coefficient (Wildman–Crippen LogP) is 5.39. The van der Waals surface area contributed by atoms with Crippen LogP contribution in [0.2, 0.25) is 0 Å². The van der Waals surface area contributed by atoms with Crippen molar-refractivity contribution in [2.45, 2.75) is 38.8 Å². The van der Waals surface area contributed by atoms with Gasteiger partial charge in [0.05, 0.1) is 17.5 Å². The number of likely N-dealkylation sites (tertiary alicyclic amines) is 1. The number of nitrogens with zero attached hydrogens (tertiary/aromatic N) is 3. The molecule has 164 valence electrons. The lowest BCUT2D eigenvalue weighted by atomic mass is 10.0. The molecule has 1 saturated heterocycles. The summed E-state index contributed by atoms with van der Waals surface area (Å²) in [7, 11) is 0. The molecule has 1 aliphatic rings. The molecule has 6 heteroatoms. The van der Waals surface area contributed by atoms with Crippen molar-refractivity contribution in [3.05, 3.63) is 82.3 Å². The van der Waals surface area contributed by atoms with Gasteiger partial charge in [0.15, 0.2) is 0 Å². The number of imidazole rings is 1. The summed E-state index contributed by atoms with van der Waals surface area (Å²) < 4.78 is 8.42. The van der Waals surface area contributed by atoms with Crippen LogP contribution < -0.4 is 4.74 Å². The summed E-state index contributed by atoms with van der Waals surface area (Å²) in [6.07, 6.45) is 2.35. The molecule has 1 fully saturated rings. The molecule has 0 bridgehead atoms. The van der Waals surface area contributed by atoms with E-state index in [0.717, 1.165) is 54.1 Å². The third kappa shape index (κ3) is 4.41. The Bertz CT molecular complexity index is 1190. The Morgan fingerprint density at radius 2 is 1.88 bits per heavy atom. The van der Waals surface area contributed by atoms with Crippen molar-refractivity contribution in [1.29, 1.82) is 0 Å². The van der Waals surface area contributed by atoms with E-state index in [9.17, 15) is 4.79 Å². The number of thiophene rings is 1. The number of carbonyl (C=O) groups is 1. The van der Waals surface area contributed by atoms with Crippen LogP contribution in [0, 0.1) is 6.92 Å². The Hall–Kier alpha value is -3.12. The number of benzene rings is 2. The molecule has 0 atom stereocenters. The SMILES string of the molecule is Cc1ccc(OCc2nc3ccccc3n2C2CCN(C(=O)Cc3ccsc3)CC2)cc1. The molecule has 0 aliphatic carbocycles. The number of aromatic nitrogens is 2. The number of hydrogen-bond acceptors (Lipinski definition) is 4. The minimum absolute atomic E-state index is 0.222. The topological polar surface area (TPSA) is 47.4 Å². The summed E-state index contributed by atoms with van der Waals surface area (Å²) in [4.78, 5) is 19.6. The summed E-state index contributed by atoms with van der Waals surface area (Å²) >= 11 is 1.64. The number of para-hydroxylation sites is 2. The number of hydrogen-bond donors (Lipinski definition) is 0. The molecular formula is C26H27N3O2S. The quantitative estimate of drug-likeness (QED) is 0.400. The van der Waals surface area contributed by atoms with Gasteiger partial charge in [-0.05, 0) is 66.4 Å². The molecule has 2 aromatic heterocycles. The van der Waals surface area contributed by atoms with Crippen LogP contribution in [-0.4, -0.2) is 33.4 Å². The molecule has 2 aromatic carbocycles. The fourth-order valence-corrected chi connectivity index (χ4v) is 5.11. The highest BCUT2D eigenvalue weighted by molar-refractivity contribution is 7.08. The minimum Gasteiger partial charge on any atom is -0.486 e. The van der Waals surface area contributed by atoms with Crippen LogP contribution in [0.4, 0.5) is 0 Å². The Kier molecular flexibility index (Phi) is 5.95. The van der Waals surface area contributed by atoms with Gasteiger partial charge in [-0.15, -0.1) is 0 Å². The normalized spacial score (nSPS) is 14.7. The van der Waals surface area contributed by atoms with Crippen LogP contribution in [0.15, 0.2) is 65.4 Å². The van der Waals surface area contributed by atoms with Gasteiger partial charge < -0.3 is 14.2 Å². The average molecular weight is 446 g/mol. The number of rotatable bonds is 6. The first kappa shape index (κ1) is 20.8. The highest BCUT2D eigenvalue weighted by Gasteiger charge is 2.27. The Labute approximate surface area is 192 Å². The molecule has 0 unspecified atom stereocenters. The number of fused-ring (bicyclic) bond motifs is 1. The van der Waals surface area contributed by atoms with Crippen molar-refractivity contribution in [2.75, 3.05) is 13.1 Å². The monoisotopic (exact) mass is 445 g/mol. The van der Waals surface area contributed by atoms with Gasteiger partial charge in [0.2, 0.25) is 5.91 Å². The second-order valence-corrected chi connectivity index (χ2v) is 9.19. The van der Waals surface area contributed by atoms with Crippen molar-refractivity contribution < 1.29 is 9.53 Å². The van der Waals surface area contributed by atoms with E-state index in [-0.39, 0.29) is 5.91 Å². The van der Waals surface area contributed by atoms with E-state index in [1.165, 1.54) is 5.56 Å². The van der Waals surface area contributed by atoms with Crippen LogP contribution in [0.1, 0.15) is 35.8 Å². The van der Waals surface area contributed by atoms with E-state index < -0.39 is 0 Å². The zero-order chi connectivity index (χ0) is 21.9. The minimum atomic E-state index is 0.222. The van der Waals surface area contributed by atoms with E-state index >= 15 is 0 Å². The van der Waals surface area contributed by atoms with Crippen LogP contribution in [0.3, 0.4) is 0 Å². The second-order valence-electron chi connectivity index (χ2n) is 8.41. The van der Waals surface area contributed by atoms with Crippen LogP contribution >= 0.6 is 11.3 Å². The summed E-state index contributed by atoms with van der Waals surface area (Å²) in [6.45, 7) is 4.05. The Balaban J connectivity index is 1.31. The predicted molar refractivity (Wildman–Crippen MR) is 128 cm³/mol. The molecule has 32 heavy (non-hydrogen) atoms. The van der Waals surface area contributed by atoms with Gasteiger partial charge in [-0.1, -0.05) is 29.8 Å². The lowest BCUT2D eigenvalue weighted by molar-refractivity contribution is -0.131. The third-order valence-corrected chi connectivity index (χ3v) is 6.91. The largest absolute Gasteiger partial charge is 0.486 e. The molecule has 4 aromatic rings. The second kappa shape index (κ2) is 9.17. The number of ether oxygens (including phenoxy) is 1. The fraction of sp³-hybridized carbons (Fsp3) is 0.308. The van der Waals surface area contributed by atoms with Crippen LogP contribution in [-0.2, 0) is 17.8 Å². The van der Waals surface area contributed by atoms with E-state index in [1.807, 2.05) is 34.5 Å². The lowest BCUT2D eigenvalue weighted by Crippen LogP contribution is -2.40. The highest BCUT2D eigenvalue weighted by atomic mass is 32.1. The molecule has 3 heterocycles. The van der Waals surface area contributed by atoms with Gasteiger partial charge in [0.1, 0.15) is 18.2 Å². The van der Waals surface area contributed by atoms with Gasteiger partial charge >= 0.3 is 0 Å². The van der Waals surface area contributed by atoms with Gasteiger partial charge in [-0.25, -0.2) is 4.98 Å². The molecule has 0 spiro atoms. The smallest absolute Gasteiger partial charge is 0.227 e. The molecule has 5 nitrogen and oxygen atoms in total. The first-order chi connectivity index (χ1) is 15.7. The zero-order valence-electron chi connectivity index (χ0n) is 18.2. The van der Waals surface area contributed by atoms with Crippen molar-refractivity contribution >= 4 is 28.3 Å². The first-order valence-electron chi connectivity index (χ1n) is 11.1. The van der Waals surface area contributed by atoms with E-state index in [1.54, 1.807) is 11.3 Å². The maximum Gasteiger partial charge on any atom is 0.227 e. The molecule has 1 aliphatic heterocycles. The number of amides is 1. The van der Waals surface area contributed by atoms with Gasteiger partial charge in [0, 0.05) is 19.1 Å². The van der Waals surface area contributed by atoms with Crippen LogP contribution in [0.25, 0.3) is 11.0 Å². The van der Waals surface area contributed by atoms with Crippen molar-refractivity contribution in [3.63, 3.8) is 0 Å². The standard InChI is InChI=1S/C26H27N3O2S/c1-19-6-8-22(9-7-19)31-17-25-27-23-4-2-3-5-24(23)29(25)21-10-13-28(14-11-21)26(30)16-20-12-15-32-18-20/h2-9,12,15,18,21H,10-11,13-14,16-17H2,1H3. The van der Waals surface area contributed by atoms with E-state index in [2.05, 4.69) is 47.2 Å². The summed E-state index contributed by atoms with van der Waals surface area (Å²) in [6, 6.07) is 18.7. The van der Waals surface area contributed by atoms with Gasteiger partial charge in [-0.3, -0.25) is 4.79 Å². The Morgan fingerprint density at radius 3 is 2.62 bits per heavy atom. The number of aryl methyl sites for hydroxylation is 1. The molecule has 0 saturated carbocycles. The average Bonchev–Trinajstić information content (AvgIpc) is 3.46. The van der Waals surface area contributed by atoms with Crippen LogP contribution in [0.5, 0.6) is 5.75 Å². The maximum absolute atomic E-state index is 12.7. The number of piperidine rings is 1. The molecule has 5 rings (SSSR count). The summed E-state index contributed by atoms with van der Waals surface area (Å²) in [5, 5.41) is 4.09. The lowest BCUT2D eigenvalue weighted by Gasteiger charge is -2.33. The molecule has 0 N–H and O–H groups in total. The third-order valence-electron chi connectivity index (χ3n) is 6.18. The van der Waals surface area contributed by atoms with Gasteiger partial charge in [-0.2, -0.15) is 11.3 Å². The molecular weight excluding hydrogens is 418 g/mol. The molecule has 0 radical (unpaired) electrons. The van der Waals surface area contributed by atoms with E-state index in [4.69, 9.17) is 9.72 Å². The van der Waals surface area contributed by atoms with Crippen molar-refractivity contribution in [1.82, 2.24) is 14.5 Å². The van der Waals surface area contributed by atoms with E-state index in [0.29, 0.717) is 19.1 Å². The summed E-state index contributed by atoms with van der Waals surface area (Å²) in [5.41, 5.74) is 4.45.